The van der Waals surface area contributed by atoms with Crippen molar-refractivity contribution in [2.45, 2.75) is 18.2 Å². The Balaban J connectivity index is 2.03. The predicted octanol–water partition coefficient (Wildman–Crippen LogP) is -0.933. The second kappa shape index (κ2) is 1.23. The summed E-state index contributed by atoms with van der Waals surface area (Å²) in [7, 11) is 0. The third-order valence-corrected chi connectivity index (χ3v) is 1.69. The van der Waals surface area contributed by atoms with Crippen molar-refractivity contribution in [3.05, 3.63) is 0 Å². The minimum Gasteiger partial charge on any atom is -0.391 e. The van der Waals surface area contributed by atoms with Crippen LogP contribution in [0.1, 0.15) is 6.42 Å². The summed E-state index contributed by atoms with van der Waals surface area (Å²) in [5.74, 6) is 0. The molecule has 2 aliphatic rings. The summed E-state index contributed by atoms with van der Waals surface area (Å²) in [6.07, 6.45) is 0.539. The zero-order chi connectivity index (χ0) is 5.61. The van der Waals surface area contributed by atoms with E-state index >= 15 is 0 Å². The molecule has 8 heavy (non-hydrogen) atoms. The molecule has 0 saturated carbocycles. The molecule has 0 bridgehead atoms. The van der Waals surface area contributed by atoms with Crippen LogP contribution in [0.5, 0.6) is 0 Å². The minimum absolute atomic E-state index is 0.0839. The van der Waals surface area contributed by atoms with Gasteiger partial charge < -0.3 is 9.84 Å². The quantitative estimate of drug-likeness (QED) is 0.401. The molecule has 2 aliphatic heterocycles. The van der Waals surface area contributed by atoms with Crippen molar-refractivity contribution >= 4 is 0 Å². The van der Waals surface area contributed by atoms with Gasteiger partial charge in [-0.15, -0.1) is 0 Å². The number of hydrogen-bond donors (Lipinski definition) is 2. The van der Waals surface area contributed by atoms with Crippen LogP contribution >= 0.6 is 0 Å². The van der Waals surface area contributed by atoms with Crippen molar-refractivity contribution in [2.24, 2.45) is 0 Å². The highest BCUT2D eigenvalue weighted by molar-refractivity contribution is 5.00. The summed E-state index contributed by atoms with van der Waals surface area (Å²) in [5.41, 5.74) is -0.0839. The van der Waals surface area contributed by atoms with Crippen LogP contribution in [0.4, 0.5) is 0 Å². The van der Waals surface area contributed by atoms with Gasteiger partial charge in [-0.25, -0.2) is 0 Å². The standard InChI is InChI=1S/C5H9NO2/c7-4-1-5(3-6-5)8-2-4/h4,6-7H,1-3H2. The van der Waals surface area contributed by atoms with Crippen LogP contribution < -0.4 is 5.32 Å². The second-order valence-corrected chi connectivity index (χ2v) is 2.52. The summed E-state index contributed by atoms with van der Waals surface area (Å²) >= 11 is 0. The highest BCUT2D eigenvalue weighted by atomic mass is 16.5. The summed E-state index contributed by atoms with van der Waals surface area (Å²) < 4.78 is 5.20. The van der Waals surface area contributed by atoms with E-state index in [2.05, 4.69) is 5.32 Å². The summed E-state index contributed by atoms with van der Waals surface area (Å²) in [4.78, 5) is 0. The van der Waals surface area contributed by atoms with E-state index in [1.165, 1.54) is 0 Å². The van der Waals surface area contributed by atoms with Gasteiger partial charge in [0.1, 0.15) is 5.72 Å². The van der Waals surface area contributed by atoms with E-state index in [0.29, 0.717) is 6.61 Å². The average molecular weight is 115 g/mol. The van der Waals surface area contributed by atoms with Gasteiger partial charge in [0.15, 0.2) is 0 Å². The first-order valence-corrected chi connectivity index (χ1v) is 2.88. The van der Waals surface area contributed by atoms with Crippen LogP contribution in [0.2, 0.25) is 0 Å². The zero-order valence-corrected chi connectivity index (χ0v) is 4.55. The van der Waals surface area contributed by atoms with E-state index in [1.54, 1.807) is 0 Å². The Morgan fingerprint density at radius 3 is 2.75 bits per heavy atom. The van der Waals surface area contributed by atoms with Crippen LogP contribution in [0.25, 0.3) is 0 Å². The van der Waals surface area contributed by atoms with Crippen LogP contribution in [0.3, 0.4) is 0 Å². The van der Waals surface area contributed by atoms with Gasteiger partial charge in [-0.3, -0.25) is 5.32 Å². The first kappa shape index (κ1) is 4.73. The molecule has 1 spiro atoms. The molecule has 0 aromatic rings. The lowest BCUT2D eigenvalue weighted by Gasteiger charge is -1.98. The molecular formula is C5H9NO2. The third-order valence-electron chi connectivity index (χ3n) is 1.69. The fourth-order valence-corrected chi connectivity index (χ4v) is 1.10. The molecule has 0 aliphatic carbocycles. The molecule has 2 heterocycles. The monoisotopic (exact) mass is 115 g/mol. The Labute approximate surface area is 47.6 Å². The molecule has 0 aromatic carbocycles. The Kier molecular flexibility index (Phi) is 0.730. The van der Waals surface area contributed by atoms with Crippen LogP contribution in [-0.4, -0.2) is 30.1 Å². The van der Waals surface area contributed by atoms with E-state index in [0.717, 1.165) is 13.0 Å². The van der Waals surface area contributed by atoms with E-state index in [9.17, 15) is 0 Å². The number of aliphatic hydroxyl groups excluding tert-OH is 1. The van der Waals surface area contributed by atoms with Gasteiger partial charge in [-0.2, -0.15) is 0 Å². The lowest BCUT2D eigenvalue weighted by molar-refractivity contribution is 0.0718. The second-order valence-electron chi connectivity index (χ2n) is 2.52. The Morgan fingerprint density at radius 1 is 1.75 bits per heavy atom. The maximum Gasteiger partial charge on any atom is 0.134 e. The van der Waals surface area contributed by atoms with E-state index in [-0.39, 0.29) is 11.8 Å². The lowest BCUT2D eigenvalue weighted by atomic mass is 10.2. The molecule has 0 aromatic heterocycles. The van der Waals surface area contributed by atoms with Crippen molar-refractivity contribution in [3.8, 4) is 0 Å². The van der Waals surface area contributed by atoms with Gasteiger partial charge in [-0.1, -0.05) is 0 Å². The highest BCUT2D eigenvalue weighted by Gasteiger charge is 2.49. The smallest absolute Gasteiger partial charge is 0.134 e. The van der Waals surface area contributed by atoms with Crippen LogP contribution in [-0.2, 0) is 4.74 Å². The molecule has 0 amide bonds. The number of rotatable bonds is 0. The highest BCUT2D eigenvalue weighted by Crippen LogP contribution is 2.30. The average Bonchev–Trinajstić information content (AvgIpc) is 2.34. The van der Waals surface area contributed by atoms with Gasteiger partial charge in [-0.05, 0) is 0 Å². The van der Waals surface area contributed by atoms with Crippen LogP contribution in [0, 0.1) is 0 Å². The Bertz CT molecular complexity index is 111. The largest absolute Gasteiger partial charge is 0.391 e. The first-order chi connectivity index (χ1) is 3.81. The van der Waals surface area contributed by atoms with E-state index in [1.807, 2.05) is 0 Å². The maximum absolute atomic E-state index is 8.94. The SMILES string of the molecule is OC1COC2(CN2)C1. The van der Waals surface area contributed by atoms with Crippen molar-refractivity contribution in [1.29, 1.82) is 0 Å². The maximum atomic E-state index is 8.94. The molecule has 2 N–H and O–H groups in total. The molecule has 2 rings (SSSR count). The molecule has 2 saturated heterocycles. The number of nitrogens with one attached hydrogen (secondary N) is 1. The molecule has 0 radical (unpaired) electrons. The Morgan fingerprint density at radius 2 is 2.50 bits per heavy atom. The van der Waals surface area contributed by atoms with Gasteiger partial charge in [0.2, 0.25) is 0 Å². The molecule has 46 valence electrons. The van der Waals surface area contributed by atoms with Gasteiger partial charge in [0, 0.05) is 13.0 Å². The molecule has 2 unspecified atom stereocenters. The molecule has 3 nitrogen and oxygen atoms in total. The number of aliphatic hydroxyl groups is 1. The normalized spacial score (nSPS) is 52.9. The van der Waals surface area contributed by atoms with Gasteiger partial charge >= 0.3 is 0 Å². The Hall–Kier alpha value is -0.120. The van der Waals surface area contributed by atoms with Crippen molar-refractivity contribution < 1.29 is 9.84 Å². The molecular weight excluding hydrogens is 106 g/mol. The molecule has 2 atom stereocenters. The minimum atomic E-state index is -0.231. The van der Waals surface area contributed by atoms with Gasteiger partial charge in [0.25, 0.3) is 0 Å². The van der Waals surface area contributed by atoms with Crippen molar-refractivity contribution in [3.63, 3.8) is 0 Å². The number of hydrogen-bond acceptors (Lipinski definition) is 3. The lowest BCUT2D eigenvalue weighted by Crippen LogP contribution is -2.12. The van der Waals surface area contributed by atoms with E-state index < -0.39 is 0 Å². The van der Waals surface area contributed by atoms with Crippen molar-refractivity contribution in [2.75, 3.05) is 13.2 Å². The van der Waals surface area contributed by atoms with Crippen LogP contribution in [0.15, 0.2) is 0 Å². The van der Waals surface area contributed by atoms with Crippen molar-refractivity contribution in [1.82, 2.24) is 5.32 Å². The topological polar surface area (TPSA) is 51.4 Å². The summed E-state index contributed by atoms with van der Waals surface area (Å²) in [6.45, 7) is 1.43. The predicted molar refractivity (Wildman–Crippen MR) is 27.3 cm³/mol. The first-order valence-electron chi connectivity index (χ1n) is 2.88. The fourth-order valence-electron chi connectivity index (χ4n) is 1.10. The number of ether oxygens (including phenoxy) is 1. The zero-order valence-electron chi connectivity index (χ0n) is 4.55. The molecule has 3 heteroatoms. The summed E-state index contributed by atoms with van der Waals surface area (Å²) in [5, 5.41) is 12.0. The molecule has 2 fully saturated rings. The summed E-state index contributed by atoms with van der Waals surface area (Å²) in [6, 6.07) is 0. The third kappa shape index (κ3) is 0.555. The van der Waals surface area contributed by atoms with Gasteiger partial charge in [0.05, 0.1) is 12.7 Å². The van der Waals surface area contributed by atoms with E-state index in [4.69, 9.17) is 9.84 Å². The fraction of sp³-hybridized carbons (Fsp3) is 1.00.